The minimum Gasteiger partial charge on any atom is -0.507 e. The van der Waals surface area contributed by atoms with Crippen LogP contribution in [0.15, 0.2) is 71.8 Å². The van der Waals surface area contributed by atoms with Crippen LogP contribution < -0.4 is 10.7 Å². The Labute approximate surface area is 175 Å². The summed E-state index contributed by atoms with van der Waals surface area (Å²) in [6.07, 6.45) is 0. The number of aryl methyl sites for hydroxylation is 2. The van der Waals surface area contributed by atoms with E-state index in [0.717, 1.165) is 11.1 Å². The molecule has 0 radical (unpaired) electrons. The number of rotatable bonds is 5. The van der Waals surface area contributed by atoms with Gasteiger partial charge in [0.15, 0.2) is 0 Å². The van der Waals surface area contributed by atoms with Crippen molar-refractivity contribution in [2.45, 2.75) is 20.8 Å². The number of phenols is 1. The molecule has 0 aliphatic carbocycles. The van der Waals surface area contributed by atoms with E-state index in [0.29, 0.717) is 22.5 Å². The van der Waals surface area contributed by atoms with E-state index in [1.807, 2.05) is 37.3 Å². The van der Waals surface area contributed by atoms with E-state index in [9.17, 15) is 14.7 Å². The van der Waals surface area contributed by atoms with Crippen molar-refractivity contribution in [1.29, 1.82) is 0 Å². The van der Waals surface area contributed by atoms with Gasteiger partial charge < -0.3 is 10.4 Å². The van der Waals surface area contributed by atoms with Crippen LogP contribution in [0.25, 0.3) is 0 Å². The summed E-state index contributed by atoms with van der Waals surface area (Å²) in [7, 11) is 0. The second kappa shape index (κ2) is 9.05. The van der Waals surface area contributed by atoms with Crippen LogP contribution in [0.1, 0.15) is 44.3 Å². The van der Waals surface area contributed by atoms with Gasteiger partial charge in [-0.15, -0.1) is 0 Å². The molecule has 0 saturated carbocycles. The maximum atomic E-state index is 12.4. The number of hydrogen-bond acceptors (Lipinski definition) is 4. The van der Waals surface area contributed by atoms with E-state index in [-0.39, 0.29) is 17.2 Å². The van der Waals surface area contributed by atoms with Crippen LogP contribution in [-0.4, -0.2) is 22.6 Å². The molecule has 0 unspecified atom stereocenters. The minimum atomic E-state index is -0.488. The van der Waals surface area contributed by atoms with E-state index in [1.165, 1.54) is 6.07 Å². The molecule has 6 heteroatoms. The van der Waals surface area contributed by atoms with Crippen molar-refractivity contribution >= 4 is 23.2 Å². The average molecular weight is 401 g/mol. The smallest absolute Gasteiger partial charge is 0.275 e. The topological polar surface area (TPSA) is 90.8 Å². The highest BCUT2D eigenvalue weighted by Crippen LogP contribution is 2.21. The van der Waals surface area contributed by atoms with Crippen LogP contribution in [0.5, 0.6) is 5.75 Å². The molecular weight excluding hydrogens is 378 g/mol. The van der Waals surface area contributed by atoms with Crippen molar-refractivity contribution in [1.82, 2.24) is 5.43 Å². The molecule has 0 bridgehead atoms. The molecule has 2 amide bonds. The summed E-state index contributed by atoms with van der Waals surface area (Å²) < 4.78 is 0. The van der Waals surface area contributed by atoms with Gasteiger partial charge in [0, 0.05) is 11.3 Å². The molecule has 0 aromatic heterocycles. The number of nitrogens with zero attached hydrogens (tertiary/aromatic N) is 1. The lowest BCUT2D eigenvalue weighted by atomic mass is 10.1. The third-order valence-corrected chi connectivity index (χ3v) is 4.76. The summed E-state index contributed by atoms with van der Waals surface area (Å²) >= 11 is 0. The van der Waals surface area contributed by atoms with E-state index >= 15 is 0 Å². The molecule has 3 aromatic carbocycles. The number of hydrogen-bond donors (Lipinski definition) is 3. The van der Waals surface area contributed by atoms with Gasteiger partial charge >= 0.3 is 0 Å². The van der Waals surface area contributed by atoms with Gasteiger partial charge in [-0.3, -0.25) is 9.59 Å². The van der Waals surface area contributed by atoms with E-state index < -0.39 is 5.91 Å². The predicted molar refractivity (Wildman–Crippen MR) is 118 cm³/mol. The molecule has 0 aliphatic rings. The van der Waals surface area contributed by atoms with E-state index in [1.54, 1.807) is 44.2 Å². The number of nitrogens with one attached hydrogen (secondary N) is 2. The molecule has 6 nitrogen and oxygen atoms in total. The van der Waals surface area contributed by atoms with Crippen LogP contribution in [0.3, 0.4) is 0 Å². The number of phenolic OH excluding ortho intramolecular Hbond substituents is 1. The second-order valence-corrected chi connectivity index (χ2v) is 6.96. The summed E-state index contributed by atoms with van der Waals surface area (Å²) in [5, 5.41) is 17.0. The average Bonchev–Trinajstić information content (AvgIpc) is 2.74. The van der Waals surface area contributed by atoms with Crippen molar-refractivity contribution < 1.29 is 14.7 Å². The highest BCUT2D eigenvalue weighted by atomic mass is 16.3. The fraction of sp³-hybridized carbons (Fsp3) is 0.125. The summed E-state index contributed by atoms with van der Waals surface area (Å²) in [6, 6.07) is 19.5. The summed E-state index contributed by atoms with van der Waals surface area (Å²) in [4.78, 5) is 24.7. The molecule has 0 spiro atoms. The van der Waals surface area contributed by atoms with Gasteiger partial charge in [0.2, 0.25) is 0 Å². The number of amides is 2. The first kappa shape index (κ1) is 20.8. The lowest BCUT2D eigenvalue weighted by Gasteiger charge is -2.09. The van der Waals surface area contributed by atoms with Crippen molar-refractivity contribution in [3.63, 3.8) is 0 Å². The summed E-state index contributed by atoms with van der Waals surface area (Å²) in [5.41, 5.74) is 6.82. The van der Waals surface area contributed by atoms with Crippen molar-refractivity contribution in [2.75, 3.05) is 5.32 Å². The Morgan fingerprint density at radius 2 is 1.43 bits per heavy atom. The first-order chi connectivity index (χ1) is 14.4. The third-order valence-electron chi connectivity index (χ3n) is 4.76. The standard InChI is InChI=1S/C24H23N3O3/c1-15-7-4-5-9-20(15)23(29)25-19-13-11-18(12-14-19)17(3)26-27-24(30)21-10-6-8-16(2)22(21)28/h4-14,28H,1-3H3,(H,25,29)(H,27,30)/b26-17+. The normalized spacial score (nSPS) is 11.1. The highest BCUT2D eigenvalue weighted by molar-refractivity contribution is 6.06. The lowest BCUT2D eigenvalue weighted by Crippen LogP contribution is -2.19. The Balaban J connectivity index is 1.66. The monoisotopic (exact) mass is 401 g/mol. The number of carbonyl (C=O) groups is 2. The van der Waals surface area contributed by atoms with Crippen LogP contribution in [0.4, 0.5) is 5.69 Å². The van der Waals surface area contributed by atoms with Crippen molar-refractivity contribution in [3.8, 4) is 5.75 Å². The third kappa shape index (κ3) is 4.72. The van der Waals surface area contributed by atoms with Gasteiger partial charge in [-0.1, -0.05) is 42.5 Å². The molecule has 0 heterocycles. The van der Waals surface area contributed by atoms with Gasteiger partial charge in [-0.25, -0.2) is 5.43 Å². The fourth-order valence-electron chi connectivity index (χ4n) is 2.92. The SMILES string of the molecule is C/C(=N\NC(=O)c1cccc(C)c1O)c1ccc(NC(=O)c2ccccc2C)cc1. The summed E-state index contributed by atoms with van der Waals surface area (Å²) in [6.45, 7) is 5.37. The van der Waals surface area contributed by atoms with Crippen LogP contribution >= 0.6 is 0 Å². The lowest BCUT2D eigenvalue weighted by molar-refractivity contribution is 0.0951. The zero-order chi connectivity index (χ0) is 21.7. The molecule has 3 N–H and O–H groups in total. The Hall–Kier alpha value is -3.93. The Kier molecular flexibility index (Phi) is 6.27. The first-order valence-corrected chi connectivity index (χ1v) is 9.47. The molecule has 3 rings (SSSR count). The largest absolute Gasteiger partial charge is 0.507 e. The molecular formula is C24H23N3O3. The van der Waals surface area contributed by atoms with Gasteiger partial charge in [-0.05, 0) is 61.7 Å². The number of para-hydroxylation sites is 1. The summed E-state index contributed by atoms with van der Waals surface area (Å²) in [5.74, 6) is -0.717. The Morgan fingerprint density at radius 3 is 2.13 bits per heavy atom. The molecule has 0 fully saturated rings. The van der Waals surface area contributed by atoms with Gasteiger partial charge in [0.25, 0.3) is 11.8 Å². The molecule has 3 aromatic rings. The zero-order valence-electron chi connectivity index (χ0n) is 17.1. The molecule has 0 aliphatic heterocycles. The predicted octanol–water partition coefficient (Wildman–Crippen LogP) is 4.42. The number of aromatic hydroxyl groups is 1. The number of hydrazone groups is 1. The van der Waals surface area contributed by atoms with Crippen LogP contribution in [0, 0.1) is 13.8 Å². The second-order valence-electron chi connectivity index (χ2n) is 6.96. The number of benzene rings is 3. The van der Waals surface area contributed by atoms with Crippen LogP contribution in [0.2, 0.25) is 0 Å². The quantitative estimate of drug-likeness (QED) is 0.437. The van der Waals surface area contributed by atoms with Gasteiger partial charge in [0.1, 0.15) is 5.75 Å². The first-order valence-electron chi connectivity index (χ1n) is 9.47. The number of anilines is 1. The van der Waals surface area contributed by atoms with Crippen molar-refractivity contribution in [3.05, 3.63) is 94.5 Å². The fourth-order valence-corrected chi connectivity index (χ4v) is 2.92. The maximum Gasteiger partial charge on any atom is 0.275 e. The van der Waals surface area contributed by atoms with E-state index in [4.69, 9.17) is 0 Å². The molecule has 30 heavy (non-hydrogen) atoms. The highest BCUT2D eigenvalue weighted by Gasteiger charge is 2.12. The number of carbonyl (C=O) groups excluding carboxylic acids is 2. The minimum absolute atomic E-state index is 0.0587. The van der Waals surface area contributed by atoms with Gasteiger partial charge in [-0.2, -0.15) is 5.10 Å². The van der Waals surface area contributed by atoms with Crippen molar-refractivity contribution in [2.24, 2.45) is 5.10 Å². The van der Waals surface area contributed by atoms with Gasteiger partial charge in [0.05, 0.1) is 11.3 Å². The van der Waals surface area contributed by atoms with Crippen LogP contribution in [-0.2, 0) is 0 Å². The Morgan fingerprint density at radius 1 is 0.800 bits per heavy atom. The molecule has 152 valence electrons. The zero-order valence-corrected chi connectivity index (χ0v) is 17.1. The maximum absolute atomic E-state index is 12.4. The molecule has 0 atom stereocenters. The van der Waals surface area contributed by atoms with E-state index in [2.05, 4.69) is 15.8 Å². The Bertz CT molecular complexity index is 1120. The molecule has 0 saturated heterocycles.